The largest absolute Gasteiger partial charge is 0.462 e. The molecule has 3 heterocycles. The fraction of sp³-hybridized carbons (Fsp3) is 0.367. The fourth-order valence-corrected chi connectivity index (χ4v) is 5.33. The quantitative estimate of drug-likeness (QED) is 0.238. The Labute approximate surface area is 235 Å². The smallest absolute Gasteiger partial charge is 0.343 e. The fourth-order valence-electron chi connectivity index (χ4n) is 5.33. The Balaban J connectivity index is 1.17. The minimum atomic E-state index is -0.680. The summed E-state index contributed by atoms with van der Waals surface area (Å²) in [6.45, 7) is 6.61. The van der Waals surface area contributed by atoms with Crippen LogP contribution in [0.25, 0.3) is 16.6 Å². The van der Waals surface area contributed by atoms with Crippen molar-refractivity contribution in [3.05, 3.63) is 81.7 Å². The van der Waals surface area contributed by atoms with Gasteiger partial charge in [0.05, 0.1) is 35.4 Å². The number of ketones is 1. The third-order valence-electron chi connectivity index (χ3n) is 7.71. The van der Waals surface area contributed by atoms with Crippen molar-refractivity contribution in [2.45, 2.75) is 39.3 Å². The van der Waals surface area contributed by atoms with Crippen molar-refractivity contribution in [2.75, 3.05) is 37.7 Å². The Hall–Kier alpha value is -4.38. The first kappa shape index (κ1) is 26.8. The highest BCUT2D eigenvalue weighted by Gasteiger charge is 2.29. The van der Waals surface area contributed by atoms with Crippen LogP contribution in [0, 0.1) is 5.82 Å². The number of fused-ring (bicyclic) bond motifs is 1. The number of carbonyl (C=O) groups is 2. The molecule has 212 valence electrons. The second-order valence-electron chi connectivity index (χ2n) is 10.6. The lowest BCUT2D eigenvalue weighted by Gasteiger charge is -2.36. The number of nitrogens with zero attached hydrogens (tertiary/aromatic N) is 6. The summed E-state index contributed by atoms with van der Waals surface area (Å²) < 4.78 is 24.1. The SMILES string of the molecule is CCOC(=O)c1cn(C2CC2)c2cc(N3CCN(Cc4cn(-c5ccc(C(C)=O)cc5)nn4)CC3)c(F)cc2c1=O. The molecule has 6 rings (SSSR count). The molecule has 0 unspecified atom stereocenters. The summed E-state index contributed by atoms with van der Waals surface area (Å²) in [6, 6.07) is 10.4. The highest BCUT2D eigenvalue weighted by Crippen LogP contribution is 2.38. The van der Waals surface area contributed by atoms with Crippen molar-refractivity contribution >= 4 is 28.3 Å². The van der Waals surface area contributed by atoms with Crippen LogP contribution in [0.3, 0.4) is 0 Å². The average molecular weight is 559 g/mol. The number of Topliss-reactive ketones (excluding diaryl/α,β-unsaturated/α-hetero) is 1. The van der Waals surface area contributed by atoms with Crippen molar-refractivity contribution in [2.24, 2.45) is 0 Å². The van der Waals surface area contributed by atoms with Crippen molar-refractivity contribution in [3.8, 4) is 5.69 Å². The minimum absolute atomic E-state index is 0.0129. The molecule has 2 aromatic heterocycles. The van der Waals surface area contributed by atoms with Crippen molar-refractivity contribution in [1.82, 2.24) is 24.5 Å². The molecule has 2 aromatic carbocycles. The summed E-state index contributed by atoms with van der Waals surface area (Å²) >= 11 is 0. The molecule has 2 fully saturated rings. The van der Waals surface area contributed by atoms with E-state index < -0.39 is 17.2 Å². The predicted octanol–water partition coefficient (Wildman–Crippen LogP) is 3.76. The lowest BCUT2D eigenvalue weighted by Crippen LogP contribution is -2.46. The molecule has 0 N–H and O–H groups in total. The zero-order valence-electron chi connectivity index (χ0n) is 23.0. The lowest BCUT2D eigenvalue weighted by molar-refractivity contribution is 0.0524. The van der Waals surface area contributed by atoms with Crippen LogP contribution in [0.2, 0.25) is 0 Å². The van der Waals surface area contributed by atoms with Gasteiger partial charge in [-0.15, -0.1) is 5.10 Å². The molecule has 1 aliphatic carbocycles. The molecule has 41 heavy (non-hydrogen) atoms. The number of hydrogen-bond donors (Lipinski definition) is 0. The van der Waals surface area contributed by atoms with E-state index in [2.05, 4.69) is 15.2 Å². The summed E-state index contributed by atoms with van der Waals surface area (Å²) in [5.41, 5.74) is 2.81. The van der Waals surface area contributed by atoms with Crippen LogP contribution in [-0.2, 0) is 11.3 Å². The first-order valence-electron chi connectivity index (χ1n) is 13.9. The van der Waals surface area contributed by atoms with E-state index in [0.717, 1.165) is 24.2 Å². The molecule has 1 saturated carbocycles. The van der Waals surface area contributed by atoms with E-state index in [1.807, 2.05) is 27.8 Å². The molecule has 0 atom stereocenters. The molecule has 1 aliphatic heterocycles. The average Bonchev–Trinajstić information content (AvgIpc) is 3.71. The number of rotatable bonds is 8. The van der Waals surface area contributed by atoms with Crippen LogP contribution >= 0.6 is 0 Å². The Morgan fingerprint density at radius 2 is 1.78 bits per heavy atom. The standard InChI is InChI=1S/C30H31FN6O4/c1-3-41-30(40)25-18-36(22-8-9-22)27-15-28(26(31)14-24(27)29(25)39)35-12-10-34(11-13-35)16-21-17-37(33-32-21)23-6-4-20(5-7-23)19(2)38/h4-7,14-15,17-18,22H,3,8-13,16H2,1-2H3. The number of anilines is 1. The van der Waals surface area contributed by atoms with Gasteiger partial charge in [-0.05, 0) is 63.1 Å². The van der Waals surface area contributed by atoms with E-state index in [1.54, 1.807) is 36.0 Å². The second kappa shape index (κ2) is 10.9. The van der Waals surface area contributed by atoms with Crippen LogP contribution < -0.4 is 10.3 Å². The van der Waals surface area contributed by atoms with Gasteiger partial charge in [0.15, 0.2) is 5.78 Å². The molecule has 4 aromatic rings. The third kappa shape index (κ3) is 5.37. The molecule has 0 spiro atoms. The zero-order valence-corrected chi connectivity index (χ0v) is 23.0. The van der Waals surface area contributed by atoms with Crippen molar-refractivity contribution in [1.29, 1.82) is 0 Å². The Kier molecular flexibility index (Phi) is 7.12. The van der Waals surface area contributed by atoms with E-state index in [1.165, 1.54) is 13.0 Å². The topological polar surface area (TPSA) is 103 Å². The van der Waals surface area contributed by atoms with Gasteiger partial charge in [-0.2, -0.15) is 0 Å². The number of carbonyl (C=O) groups excluding carboxylic acids is 2. The number of halogens is 1. The number of piperazine rings is 1. The second-order valence-corrected chi connectivity index (χ2v) is 10.6. The Morgan fingerprint density at radius 1 is 1.05 bits per heavy atom. The van der Waals surface area contributed by atoms with Gasteiger partial charge < -0.3 is 14.2 Å². The van der Waals surface area contributed by atoms with Crippen LogP contribution in [0.15, 0.2) is 53.6 Å². The van der Waals surface area contributed by atoms with Gasteiger partial charge in [0.25, 0.3) is 0 Å². The van der Waals surface area contributed by atoms with Gasteiger partial charge in [-0.3, -0.25) is 14.5 Å². The lowest BCUT2D eigenvalue weighted by atomic mass is 10.1. The van der Waals surface area contributed by atoms with Gasteiger partial charge >= 0.3 is 5.97 Å². The Bertz CT molecular complexity index is 1680. The normalized spacial score (nSPS) is 15.8. The van der Waals surface area contributed by atoms with Gasteiger partial charge in [0.2, 0.25) is 5.43 Å². The van der Waals surface area contributed by atoms with E-state index in [9.17, 15) is 14.4 Å². The maximum atomic E-state index is 15.4. The maximum Gasteiger partial charge on any atom is 0.343 e. The number of ether oxygens (including phenoxy) is 1. The zero-order chi connectivity index (χ0) is 28.7. The molecule has 1 saturated heterocycles. The molecular formula is C30H31FN6O4. The summed E-state index contributed by atoms with van der Waals surface area (Å²) in [4.78, 5) is 41.3. The minimum Gasteiger partial charge on any atom is -0.462 e. The molecule has 0 radical (unpaired) electrons. The number of aromatic nitrogens is 4. The summed E-state index contributed by atoms with van der Waals surface area (Å²) in [5.74, 6) is -1.15. The number of pyridine rings is 1. The molecule has 0 amide bonds. The Morgan fingerprint density at radius 3 is 2.44 bits per heavy atom. The number of benzene rings is 2. The molecule has 0 bridgehead atoms. The van der Waals surface area contributed by atoms with Crippen LogP contribution in [0.5, 0.6) is 0 Å². The first-order valence-corrected chi connectivity index (χ1v) is 13.9. The third-order valence-corrected chi connectivity index (χ3v) is 7.71. The van der Waals surface area contributed by atoms with Crippen molar-refractivity contribution < 1.29 is 18.7 Å². The molecule has 10 nitrogen and oxygen atoms in total. The van der Waals surface area contributed by atoms with E-state index in [-0.39, 0.29) is 29.4 Å². The van der Waals surface area contributed by atoms with E-state index in [4.69, 9.17) is 4.74 Å². The predicted molar refractivity (Wildman–Crippen MR) is 151 cm³/mol. The summed E-state index contributed by atoms with van der Waals surface area (Å²) in [6.07, 6.45) is 5.34. The van der Waals surface area contributed by atoms with Gasteiger partial charge in [-0.25, -0.2) is 13.9 Å². The van der Waals surface area contributed by atoms with Crippen LogP contribution in [-0.4, -0.2) is 69.0 Å². The monoisotopic (exact) mass is 558 g/mol. The number of esters is 1. The number of hydrogen-bond acceptors (Lipinski definition) is 8. The molecular weight excluding hydrogens is 527 g/mol. The molecule has 11 heteroatoms. The van der Waals surface area contributed by atoms with Gasteiger partial charge in [-0.1, -0.05) is 5.21 Å². The molecule has 2 aliphatic rings. The summed E-state index contributed by atoms with van der Waals surface area (Å²) in [5, 5.41) is 8.73. The van der Waals surface area contributed by atoms with Crippen molar-refractivity contribution in [3.63, 3.8) is 0 Å². The van der Waals surface area contributed by atoms with Gasteiger partial charge in [0, 0.05) is 55.9 Å². The van der Waals surface area contributed by atoms with Crippen LogP contribution in [0.1, 0.15) is 59.1 Å². The van der Waals surface area contributed by atoms with E-state index in [0.29, 0.717) is 49.5 Å². The van der Waals surface area contributed by atoms with E-state index >= 15 is 4.39 Å². The highest BCUT2D eigenvalue weighted by molar-refractivity contribution is 5.95. The van der Waals surface area contributed by atoms with Gasteiger partial charge in [0.1, 0.15) is 11.4 Å². The van der Waals surface area contributed by atoms with Crippen LogP contribution in [0.4, 0.5) is 10.1 Å². The maximum absolute atomic E-state index is 15.4. The first-order chi connectivity index (χ1) is 19.8. The summed E-state index contributed by atoms with van der Waals surface area (Å²) in [7, 11) is 0. The highest BCUT2D eigenvalue weighted by atomic mass is 19.1.